The van der Waals surface area contributed by atoms with E-state index in [0.717, 1.165) is 30.6 Å². The maximum atomic E-state index is 12.6. The molecule has 0 aromatic heterocycles. The fourth-order valence-electron chi connectivity index (χ4n) is 4.18. The second-order valence-electron chi connectivity index (χ2n) is 8.88. The SMILES string of the molecule is CCOC(=O)CCCOc1cccc(CCCN2C(=O)OC(C)(C)C2Cc2ccccc2)c1. The van der Waals surface area contributed by atoms with Crippen molar-refractivity contribution in [3.05, 3.63) is 65.7 Å². The third-order valence-corrected chi connectivity index (χ3v) is 5.90. The molecule has 1 atom stereocenters. The summed E-state index contributed by atoms with van der Waals surface area (Å²) in [7, 11) is 0. The second-order valence-corrected chi connectivity index (χ2v) is 8.88. The van der Waals surface area contributed by atoms with Gasteiger partial charge in [0.15, 0.2) is 0 Å². The molecule has 3 rings (SSSR count). The highest BCUT2D eigenvalue weighted by molar-refractivity contribution is 5.71. The van der Waals surface area contributed by atoms with Gasteiger partial charge in [0, 0.05) is 13.0 Å². The molecule has 6 nitrogen and oxygen atoms in total. The van der Waals surface area contributed by atoms with Crippen molar-refractivity contribution in [2.75, 3.05) is 19.8 Å². The van der Waals surface area contributed by atoms with Crippen LogP contribution in [0, 0.1) is 0 Å². The zero-order valence-corrected chi connectivity index (χ0v) is 19.9. The average molecular weight is 454 g/mol. The number of hydrogen-bond acceptors (Lipinski definition) is 5. The molecule has 0 N–H and O–H groups in total. The van der Waals surface area contributed by atoms with Crippen LogP contribution in [-0.2, 0) is 27.1 Å². The van der Waals surface area contributed by atoms with E-state index in [4.69, 9.17) is 14.2 Å². The van der Waals surface area contributed by atoms with Crippen molar-refractivity contribution >= 4 is 12.1 Å². The predicted molar refractivity (Wildman–Crippen MR) is 127 cm³/mol. The lowest BCUT2D eigenvalue weighted by atomic mass is 9.92. The summed E-state index contributed by atoms with van der Waals surface area (Å²) in [6.45, 7) is 7.29. The molecule has 0 aliphatic carbocycles. The number of benzene rings is 2. The van der Waals surface area contributed by atoms with E-state index < -0.39 is 5.60 Å². The van der Waals surface area contributed by atoms with Gasteiger partial charge < -0.3 is 19.1 Å². The van der Waals surface area contributed by atoms with Crippen molar-refractivity contribution in [3.8, 4) is 5.75 Å². The number of amides is 1. The Bertz CT molecular complexity index is 912. The van der Waals surface area contributed by atoms with Crippen LogP contribution in [0.5, 0.6) is 5.75 Å². The Kier molecular flexibility index (Phi) is 8.75. The summed E-state index contributed by atoms with van der Waals surface area (Å²) in [6.07, 6.45) is 3.19. The van der Waals surface area contributed by atoms with Crippen molar-refractivity contribution in [2.45, 2.75) is 64.5 Å². The zero-order valence-electron chi connectivity index (χ0n) is 19.9. The zero-order chi connectivity index (χ0) is 23.7. The van der Waals surface area contributed by atoms with Crippen LogP contribution in [0.1, 0.15) is 51.2 Å². The summed E-state index contributed by atoms with van der Waals surface area (Å²) >= 11 is 0. The van der Waals surface area contributed by atoms with E-state index in [-0.39, 0.29) is 18.1 Å². The molecule has 1 fully saturated rings. The fourth-order valence-corrected chi connectivity index (χ4v) is 4.18. The Balaban J connectivity index is 1.50. The van der Waals surface area contributed by atoms with Gasteiger partial charge in [-0.05, 0) is 69.7 Å². The summed E-state index contributed by atoms with van der Waals surface area (Å²) in [4.78, 5) is 25.9. The van der Waals surface area contributed by atoms with E-state index in [9.17, 15) is 9.59 Å². The topological polar surface area (TPSA) is 65.1 Å². The molecule has 0 radical (unpaired) electrons. The third kappa shape index (κ3) is 7.24. The molecule has 1 heterocycles. The summed E-state index contributed by atoms with van der Waals surface area (Å²) in [5.74, 6) is 0.601. The lowest BCUT2D eigenvalue weighted by Crippen LogP contribution is -2.43. The van der Waals surface area contributed by atoms with Gasteiger partial charge in [0.25, 0.3) is 0 Å². The fraction of sp³-hybridized carbons (Fsp3) is 0.481. The van der Waals surface area contributed by atoms with E-state index in [1.807, 2.05) is 55.1 Å². The van der Waals surface area contributed by atoms with E-state index in [1.54, 1.807) is 6.92 Å². The number of cyclic esters (lactones) is 1. The minimum Gasteiger partial charge on any atom is -0.494 e. The predicted octanol–water partition coefficient (Wildman–Crippen LogP) is 5.18. The normalized spacial score (nSPS) is 17.0. The molecule has 2 aromatic rings. The van der Waals surface area contributed by atoms with Gasteiger partial charge in [0.1, 0.15) is 11.4 Å². The largest absolute Gasteiger partial charge is 0.494 e. The number of carbonyl (C=O) groups excluding carboxylic acids is 2. The molecule has 0 saturated carbocycles. The quantitative estimate of drug-likeness (QED) is 0.327. The summed E-state index contributed by atoms with van der Waals surface area (Å²) in [6, 6.07) is 18.2. The molecule has 1 amide bonds. The molecule has 1 aliphatic rings. The number of rotatable bonds is 12. The lowest BCUT2D eigenvalue weighted by molar-refractivity contribution is -0.143. The van der Waals surface area contributed by atoms with Gasteiger partial charge in [-0.15, -0.1) is 0 Å². The molecule has 6 heteroatoms. The number of carbonyl (C=O) groups is 2. The van der Waals surface area contributed by atoms with Crippen LogP contribution in [0.2, 0.25) is 0 Å². The Morgan fingerprint density at radius 2 is 1.82 bits per heavy atom. The van der Waals surface area contributed by atoms with Gasteiger partial charge >= 0.3 is 12.1 Å². The van der Waals surface area contributed by atoms with E-state index in [2.05, 4.69) is 18.2 Å². The molecule has 1 saturated heterocycles. The van der Waals surface area contributed by atoms with Crippen LogP contribution >= 0.6 is 0 Å². The molecule has 0 spiro atoms. The van der Waals surface area contributed by atoms with Crippen molar-refractivity contribution < 1.29 is 23.8 Å². The molecule has 2 aromatic carbocycles. The highest BCUT2D eigenvalue weighted by Crippen LogP contribution is 2.32. The molecule has 1 unspecified atom stereocenters. The van der Waals surface area contributed by atoms with Gasteiger partial charge in [-0.25, -0.2) is 4.79 Å². The van der Waals surface area contributed by atoms with Crippen LogP contribution in [-0.4, -0.2) is 48.4 Å². The van der Waals surface area contributed by atoms with Gasteiger partial charge in [0.05, 0.1) is 19.3 Å². The molecular formula is C27H35NO5. The molecule has 178 valence electrons. The number of nitrogens with zero attached hydrogens (tertiary/aromatic N) is 1. The van der Waals surface area contributed by atoms with E-state index in [0.29, 0.717) is 32.6 Å². The molecule has 0 bridgehead atoms. The first-order valence-corrected chi connectivity index (χ1v) is 11.8. The first-order valence-electron chi connectivity index (χ1n) is 11.8. The smallest absolute Gasteiger partial charge is 0.410 e. The van der Waals surface area contributed by atoms with Crippen LogP contribution < -0.4 is 4.74 Å². The summed E-state index contributed by atoms with van der Waals surface area (Å²) < 4.78 is 16.4. The van der Waals surface area contributed by atoms with Crippen LogP contribution in [0.3, 0.4) is 0 Å². The van der Waals surface area contributed by atoms with Crippen LogP contribution in [0.15, 0.2) is 54.6 Å². The Morgan fingerprint density at radius 3 is 2.58 bits per heavy atom. The molecule has 1 aliphatic heterocycles. The number of esters is 1. The van der Waals surface area contributed by atoms with Crippen molar-refractivity contribution in [1.29, 1.82) is 0 Å². The third-order valence-electron chi connectivity index (χ3n) is 5.90. The lowest BCUT2D eigenvalue weighted by Gasteiger charge is -2.29. The average Bonchev–Trinajstić information content (AvgIpc) is 3.00. The Hall–Kier alpha value is -3.02. The minimum absolute atomic E-state index is 0.00136. The van der Waals surface area contributed by atoms with Crippen LogP contribution in [0.25, 0.3) is 0 Å². The molecular weight excluding hydrogens is 418 g/mol. The minimum atomic E-state index is -0.524. The summed E-state index contributed by atoms with van der Waals surface area (Å²) in [5, 5.41) is 0. The van der Waals surface area contributed by atoms with Crippen molar-refractivity contribution in [3.63, 3.8) is 0 Å². The second kappa shape index (κ2) is 11.7. The summed E-state index contributed by atoms with van der Waals surface area (Å²) in [5.41, 5.74) is 1.83. The van der Waals surface area contributed by atoms with Crippen molar-refractivity contribution in [1.82, 2.24) is 4.90 Å². The Morgan fingerprint density at radius 1 is 1.06 bits per heavy atom. The number of aryl methyl sites for hydroxylation is 1. The van der Waals surface area contributed by atoms with Gasteiger partial charge in [0.2, 0.25) is 0 Å². The van der Waals surface area contributed by atoms with E-state index >= 15 is 0 Å². The van der Waals surface area contributed by atoms with Crippen LogP contribution in [0.4, 0.5) is 4.79 Å². The monoisotopic (exact) mass is 453 g/mol. The standard InChI is InChI=1S/C27H35NO5/c1-4-31-25(29)16-10-18-32-23-15-8-13-21(19-23)14-9-17-28-24(27(2,3)33-26(28)30)20-22-11-6-5-7-12-22/h5-8,11-13,15,19,24H,4,9-10,14,16-18,20H2,1-3H3. The first-order chi connectivity index (χ1) is 15.9. The van der Waals surface area contributed by atoms with E-state index in [1.165, 1.54) is 5.56 Å². The van der Waals surface area contributed by atoms with Gasteiger partial charge in [-0.3, -0.25) is 4.79 Å². The highest BCUT2D eigenvalue weighted by Gasteiger charge is 2.47. The van der Waals surface area contributed by atoms with Gasteiger partial charge in [-0.2, -0.15) is 0 Å². The molecule has 33 heavy (non-hydrogen) atoms. The number of hydrogen-bond donors (Lipinski definition) is 0. The Labute approximate surface area is 196 Å². The van der Waals surface area contributed by atoms with Gasteiger partial charge in [-0.1, -0.05) is 42.5 Å². The van der Waals surface area contributed by atoms with Crippen molar-refractivity contribution in [2.24, 2.45) is 0 Å². The number of ether oxygens (including phenoxy) is 3. The maximum absolute atomic E-state index is 12.6. The first kappa shape index (κ1) is 24.6. The highest BCUT2D eigenvalue weighted by atomic mass is 16.6. The maximum Gasteiger partial charge on any atom is 0.410 e.